The topological polar surface area (TPSA) is 58.1 Å². The van der Waals surface area contributed by atoms with Crippen LogP contribution in [-0.2, 0) is 4.79 Å². The lowest BCUT2D eigenvalue weighted by Crippen LogP contribution is -2.48. The minimum atomic E-state index is -1.29. The zero-order valence-corrected chi connectivity index (χ0v) is 14.2. The van der Waals surface area contributed by atoms with Gasteiger partial charge in [0, 0.05) is 49.5 Å². The maximum Gasteiger partial charge on any atom is 0.223 e. The van der Waals surface area contributed by atoms with E-state index < -0.39 is 5.67 Å². The summed E-state index contributed by atoms with van der Waals surface area (Å²) < 4.78 is 14.9. The monoisotopic (exact) mass is 332 g/mol. The van der Waals surface area contributed by atoms with Crippen molar-refractivity contribution in [2.24, 2.45) is 5.92 Å². The number of piperidine rings is 1. The second-order valence-electron chi connectivity index (χ2n) is 7.63. The first-order valence-electron chi connectivity index (χ1n) is 9.10. The van der Waals surface area contributed by atoms with Crippen LogP contribution in [0.1, 0.15) is 56.0 Å². The van der Waals surface area contributed by atoms with Gasteiger partial charge in [0.05, 0.1) is 6.54 Å². The van der Waals surface area contributed by atoms with Crippen molar-refractivity contribution in [3.05, 3.63) is 17.6 Å². The Bertz CT molecular complexity index is 634. The lowest BCUT2D eigenvalue weighted by molar-refractivity contribution is -0.123. The molecule has 2 heterocycles. The molecule has 1 aromatic rings. The van der Waals surface area contributed by atoms with Crippen LogP contribution in [0.3, 0.4) is 0 Å². The van der Waals surface area contributed by atoms with E-state index in [1.807, 2.05) is 13.0 Å². The van der Waals surface area contributed by atoms with Crippen molar-refractivity contribution in [2.45, 2.75) is 57.0 Å². The van der Waals surface area contributed by atoms with Crippen molar-refractivity contribution in [1.82, 2.24) is 15.3 Å². The second-order valence-corrected chi connectivity index (χ2v) is 7.63. The highest BCUT2D eigenvalue weighted by atomic mass is 19.1. The summed E-state index contributed by atoms with van der Waals surface area (Å²) in [6.45, 7) is 3.41. The number of carbonyl (C=O) groups is 1. The number of carbonyl (C=O) groups excluding carboxylic acids is 1. The highest BCUT2D eigenvalue weighted by molar-refractivity contribution is 5.80. The Morgan fingerprint density at radius 2 is 2.00 bits per heavy atom. The van der Waals surface area contributed by atoms with Crippen molar-refractivity contribution in [3.63, 3.8) is 0 Å². The molecule has 0 unspecified atom stereocenters. The van der Waals surface area contributed by atoms with Gasteiger partial charge in [-0.1, -0.05) is 0 Å². The van der Waals surface area contributed by atoms with Crippen LogP contribution in [0.5, 0.6) is 0 Å². The number of amides is 1. The van der Waals surface area contributed by atoms with Crippen LogP contribution in [-0.4, -0.2) is 41.2 Å². The van der Waals surface area contributed by atoms with Gasteiger partial charge in [0.2, 0.25) is 5.91 Å². The zero-order chi connectivity index (χ0) is 16.7. The molecule has 3 aliphatic rings. The first kappa shape index (κ1) is 15.8. The van der Waals surface area contributed by atoms with Crippen LogP contribution in [0, 0.1) is 12.8 Å². The molecule has 2 saturated carbocycles. The molecule has 1 amide bonds. The molecule has 0 bridgehead atoms. The summed E-state index contributed by atoms with van der Waals surface area (Å²) >= 11 is 0. The number of halogens is 1. The van der Waals surface area contributed by atoms with E-state index in [-0.39, 0.29) is 18.4 Å². The Balaban J connectivity index is 1.35. The zero-order valence-electron chi connectivity index (χ0n) is 14.2. The van der Waals surface area contributed by atoms with E-state index in [4.69, 9.17) is 4.98 Å². The maximum atomic E-state index is 14.9. The third-order valence-electron chi connectivity index (χ3n) is 5.31. The Morgan fingerprint density at radius 1 is 1.29 bits per heavy atom. The third kappa shape index (κ3) is 3.52. The summed E-state index contributed by atoms with van der Waals surface area (Å²) in [7, 11) is 0. The maximum absolute atomic E-state index is 14.9. The van der Waals surface area contributed by atoms with Crippen molar-refractivity contribution >= 4 is 11.7 Å². The number of hydrogen-bond acceptors (Lipinski definition) is 4. The van der Waals surface area contributed by atoms with Crippen LogP contribution >= 0.6 is 0 Å². The first-order chi connectivity index (χ1) is 11.5. The quantitative estimate of drug-likeness (QED) is 0.900. The van der Waals surface area contributed by atoms with Gasteiger partial charge in [0.1, 0.15) is 17.3 Å². The molecule has 1 saturated heterocycles. The fourth-order valence-electron chi connectivity index (χ4n) is 3.31. The number of rotatable bonds is 5. The van der Waals surface area contributed by atoms with Crippen LogP contribution in [0.15, 0.2) is 6.07 Å². The van der Waals surface area contributed by atoms with Gasteiger partial charge in [-0.3, -0.25) is 4.79 Å². The number of nitrogens with one attached hydrogen (secondary N) is 1. The predicted molar refractivity (Wildman–Crippen MR) is 89.8 cm³/mol. The number of anilines is 1. The molecule has 6 heteroatoms. The molecule has 1 aliphatic heterocycles. The van der Waals surface area contributed by atoms with E-state index in [2.05, 4.69) is 15.2 Å². The third-order valence-corrected chi connectivity index (χ3v) is 5.31. The number of alkyl halides is 1. The Morgan fingerprint density at radius 3 is 2.62 bits per heavy atom. The number of aryl methyl sites for hydroxylation is 1. The van der Waals surface area contributed by atoms with Gasteiger partial charge >= 0.3 is 0 Å². The number of nitrogens with zero attached hydrogens (tertiary/aromatic N) is 3. The van der Waals surface area contributed by atoms with Crippen LogP contribution in [0.2, 0.25) is 0 Å². The van der Waals surface area contributed by atoms with Gasteiger partial charge in [-0.25, -0.2) is 14.4 Å². The molecule has 4 rings (SSSR count). The molecular formula is C18H25FN4O. The minimum absolute atomic E-state index is 0.0231. The van der Waals surface area contributed by atoms with Crippen molar-refractivity contribution in [1.29, 1.82) is 0 Å². The average molecular weight is 332 g/mol. The van der Waals surface area contributed by atoms with E-state index in [1.54, 1.807) is 0 Å². The fourth-order valence-corrected chi connectivity index (χ4v) is 3.31. The minimum Gasteiger partial charge on any atom is -0.356 e. The average Bonchev–Trinajstić information content (AvgIpc) is 3.45. The van der Waals surface area contributed by atoms with E-state index >= 15 is 0 Å². The van der Waals surface area contributed by atoms with Gasteiger partial charge in [0.15, 0.2) is 0 Å². The Labute approximate surface area is 142 Å². The van der Waals surface area contributed by atoms with Crippen molar-refractivity contribution in [3.8, 4) is 0 Å². The normalized spacial score (nSPS) is 23.2. The molecule has 1 N–H and O–H groups in total. The molecule has 0 aromatic carbocycles. The largest absolute Gasteiger partial charge is 0.356 e. The van der Waals surface area contributed by atoms with Gasteiger partial charge < -0.3 is 10.2 Å². The molecule has 3 fully saturated rings. The molecular weight excluding hydrogens is 307 g/mol. The summed E-state index contributed by atoms with van der Waals surface area (Å²) in [5.74, 6) is 2.55. The summed E-state index contributed by atoms with van der Waals surface area (Å²) in [5.41, 5.74) is -0.307. The summed E-state index contributed by atoms with van der Waals surface area (Å²) in [6.07, 6.45) is 5.12. The van der Waals surface area contributed by atoms with E-state index in [9.17, 15) is 9.18 Å². The van der Waals surface area contributed by atoms with Crippen LogP contribution in [0.25, 0.3) is 0 Å². The summed E-state index contributed by atoms with van der Waals surface area (Å²) in [5, 5.41) is 2.79. The predicted octanol–water partition coefficient (Wildman–Crippen LogP) is 2.50. The lowest BCUT2D eigenvalue weighted by Gasteiger charge is -2.37. The second kappa shape index (κ2) is 5.97. The van der Waals surface area contributed by atoms with Crippen molar-refractivity contribution < 1.29 is 9.18 Å². The lowest BCUT2D eigenvalue weighted by atomic mass is 9.93. The SMILES string of the molecule is Cc1cc(N2CCC(F)(CNC(=O)C3CC3)CC2)nc(C2CC2)n1. The van der Waals surface area contributed by atoms with Crippen LogP contribution in [0.4, 0.5) is 10.2 Å². The fraction of sp³-hybridized carbons (Fsp3) is 0.722. The molecule has 0 spiro atoms. The Kier molecular flexibility index (Phi) is 3.93. The van der Waals surface area contributed by atoms with E-state index in [0.29, 0.717) is 31.8 Å². The molecule has 0 radical (unpaired) electrons. The van der Waals surface area contributed by atoms with Gasteiger partial charge in [-0.2, -0.15) is 0 Å². The standard InChI is InChI=1S/C18H25FN4O/c1-12-10-15(22-16(21-12)13-2-3-13)23-8-6-18(19,7-9-23)11-20-17(24)14-4-5-14/h10,13-14H,2-9,11H2,1H3,(H,20,24). The molecule has 1 aromatic heterocycles. The molecule has 5 nitrogen and oxygen atoms in total. The molecule has 130 valence electrons. The van der Waals surface area contributed by atoms with Gasteiger partial charge in [-0.15, -0.1) is 0 Å². The number of hydrogen-bond donors (Lipinski definition) is 1. The van der Waals surface area contributed by atoms with Gasteiger partial charge in [0.25, 0.3) is 0 Å². The van der Waals surface area contributed by atoms with Crippen LogP contribution < -0.4 is 10.2 Å². The summed E-state index contributed by atoms with van der Waals surface area (Å²) in [6, 6.07) is 1.99. The highest BCUT2D eigenvalue weighted by Crippen LogP contribution is 2.39. The van der Waals surface area contributed by atoms with Gasteiger partial charge in [-0.05, 0) is 32.6 Å². The first-order valence-corrected chi connectivity index (χ1v) is 9.10. The van der Waals surface area contributed by atoms with E-state index in [0.717, 1.165) is 30.2 Å². The molecule has 0 atom stereocenters. The number of aromatic nitrogens is 2. The highest BCUT2D eigenvalue weighted by Gasteiger charge is 2.37. The smallest absolute Gasteiger partial charge is 0.223 e. The summed E-state index contributed by atoms with van der Waals surface area (Å²) in [4.78, 5) is 23.1. The Hall–Kier alpha value is -1.72. The molecule has 24 heavy (non-hydrogen) atoms. The molecule has 2 aliphatic carbocycles. The van der Waals surface area contributed by atoms with Crippen molar-refractivity contribution in [2.75, 3.05) is 24.5 Å². The van der Waals surface area contributed by atoms with E-state index in [1.165, 1.54) is 12.8 Å².